The number of fused-ring (bicyclic) bond motifs is 1. The first-order valence-electron chi connectivity index (χ1n) is 5.25. The Kier molecular flexibility index (Phi) is 3.05. The van der Waals surface area contributed by atoms with E-state index in [0.717, 1.165) is 15.0 Å². The average molecular weight is 344 g/mol. The Bertz CT molecular complexity index is 628. The predicted molar refractivity (Wildman–Crippen MR) is 77.3 cm³/mol. The quantitative estimate of drug-likeness (QED) is 0.821. The normalized spacial score (nSPS) is 17.9. The molecular formula is C12H8BrClN2OS. The van der Waals surface area contributed by atoms with E-state index in [1.165, 1.54) is 0 Å². The maximum atomic E-state index is 12.0. The van der Waals surface area contributed by atoms with Gasteiger partial charge in [0.2, 0.25) is 0 Å². The summed E-state index contributed by atoms with van der Waals surface area (Å²) in [6, 6.07) is 7.24. The predicted octanol–water partition coefficient (Wildman–Crippen LogP) is 4.02. The number of benzene rings is 1. The van der Waals surface area contributed by atoms with Crippen LogP contribution in [0.2, 0.25) is 5.02 Å². The molecule has 0 spiro atoms. The van der Waals surface area contributed by atoms with Crippen LogP contribution in [0.5, 0.6) is 0 Å². The summed E-state index contributed by atoms with van der Waals surface area (Å²) in [5, 5.41) is 8.73. The monoisotopic (exact) mass is 342 g/mol. The summed E-state index contributed by atoms with van der Waals surface area (Å²) in [7, 11) is 0. The molecule has 1 aromatic carbocycles. The van der Waals surface area contributed by atoms with Gasteiger partial charge in [-0.1, -0.05) is 11.6 Å². The van der Waals surface area contributed by atoms with Crippen molar-refractivity contribution in [1.29, 1.82) is 0 Å². The molecule has 2 heterocycles. The van der Waals surface area contributed by atoms with Gasteiger partial charge in [-0.15, -0.1) is 11.3 Å². The number of carbonyl (C=O) groups is 1. The second-order valence-corrected chi connectivity index (χ2v) is 6.56. The van der Waals surface area contributed by atoms with Crippen LogP contribution in [0.3, 0.4) is 0 Å². The molecule has 1 aliphatic rings. The standard InChI is InChI=1S/C12H8BrClN2OS/c13-10-7(3-4-18-10)11-15-9-2-1-6(14)5-8(9)12(17)16-11/h1-5,11,15H,(H,16,17). The zero-order valence-corrected chi connectivity index (χ0v) is 12.2. The molecule has 1 atom stereocenters. The number of hydrogen-bond donors (Lipinski definition) is 2. The summed E-state index contributed by atoms with van der Waals surface area (Å²) in [5.41, 5.74) is 2.39. The minimum atomic E-state index is -0.216. The minimum Gasteiger partial charge on any atom is -0.361 e. The SMILES string of the molecule is O=C1NC(c2ccsc2Br)Nc2ccc(Cl)cc21. The van der Waals surface area contributed by atoms with Gasteiger partial charge in [0.05, 0.1) is 9.35 Å². The highest BCUT2D eigenvalue weighted by atomic mass is 79.9. The minimum absolute atomic E-state index is 0.116. The molecule has 1 amide bonds. The van der Waals surface area contributed by atoms with Crippen molar-refractivity contribution in [2.24, 2.45) is 0 Å². The van der Waals surface area contributed by atoms with Gasteiger partial charge in [0.25, 0.3) is 5.91 Å². The van der Waals surface area contributed by atoms with Gasteiger partial charge in [-0.25, -0.2) is 0 Å². The smallest absolute Gasteiger partial charge is 0.255 e. The van der Waals surface area contributed by atoms with Crippen LogP contribution in [-0.2, 0) is 0 Å². The van der Waals surface area contributed by atoms with Crippen molar-refractivity contribution in [2.75, 3.05) is 5.32 Å². The third kappa shape index (κ3) is 2.02. The summed E-state index contributed by atoms with van der Waals surface area (Å²) in [4.78, 5) is 12.0. The lowest BCUT2D eigenvalue weighted by Crippen LogP contribution is -2.38. The van der Waals surface area contributed by atoms with E-state index in [2.05, 4.69) is 26.6 Å². The fourth-order valence-electron chi connectivity index (χ4n) is 1.90. The molecule has 1 aromatic heterocycles. The number of rotatable bonds is 1. The highest BCUT2D eigenvalue weighted by Crippen LogP contribution is 2.33. The third-order valence-corrected chi connectivity index (χ3v) is 4.73. The molecule has 18 heavy (non-hydrogen) atoms. The Hall–Kier alpha value is -1.04. The van der Waals surface area contributed by atoms with Crippen molar-refractivity contribution in [1.82, 2.24) is 5.32 Å². The largest absolute Gasteiger partial charge is 0.361 e. The van der Waals surface area contributed by atoms with E-state index in [1.807, 2.05) is 17.5 Å². The molecule has 2 N–H and O–H groups in total. The van der Waals surface area contributed by atoms with Gasteiger partial charge in [-0.3, -0.25) is 4.79 Å². The Balaban J connectivity index is 2.00. The number of thiophene rings is 1. The van der Waals surface area contributed by atoms with Crippen molar-refractivity contribution in [2.45, 2.75) is 6.17 Å². The van der Waals surface area contributed by atoms with Crippen molar-refractivity contribution >= 4 is 50.5 Å². The van der Waals surface area contributed by atoms with Gasteiger partial charge in [0.1, 0.15) is 6.17 Å². The Morgan fingerprint density at radius 2 is 2.11 bits per heavy atom. The molecular weight excluding hydrogens is 336 g/mol. The summed E-state index contributed by atoms with van der Waals surface area (Å²) in [5.74, 6) is -0.116. The van der Waals surface area contributed by atoms with Gasteiger partial charge in [-0.05, 0) is 45.6 Å². The molecule has 0 aliphatic carbocycles. The number of carbonyl (C=O) groups excluding carboxylic acids is 1. The first kappa shape index (κ1) is 12.0. The van der Waals surface area contributed by atoms with Crippen LogP contribution in [0.4, 0.5) is 5.69 Å². The number of amides is 1. The van der Waals surface area contributed by atoms with E-state index in [9.17, 15) is 4.79 Å². The second kappa shape index (κ2) is 4.57. The van der Waals surface area contributed by atoms with Gasteiger partial charge in [0.15, 0.2) is 0 Å². The average Bonchev–Trinajstić information content (AvgIpc) is 2.76. The van der Waals surface area contributed by atoms with Gasteiger partial charge in [-0.2, -0.15) is 0 Å². The lowest BCUT2D eigenvalue weighted by atomic mass is 10.1. The van der Waals surface area contributed by atoms with E-state index in [0.29, 0.717) is 10.6 Å². The Morgan fingerprint density at radius 1 is 1.28 bits per heavy atom. The zero-order chi connectivity index (χ0) is 12.7. The van der Waals surface area contributed by atoms with E-state index in [4.69, 9.17) is 11.6 Å². The van der Waals surface area contributed by atoms with Gasteiger partial charge in [0, 0.05) is 16.3 Å². The number of anilines is 1. The Labute approximate surface area is 121 Å². The summed E-state index contributed by atoms with van der Waals surface area (Å²) < 4.78 is 1.01. The van der Waals surface area contributed by atoms with Crippen molar-refractivity contribution < 1.29 is 4.79 Å². The van der Waals surface area contributed by atoms with Crippen LogP contribution in [0.1, 0.15) is 22.1 Å². The fourth-order valence-corrected chi connectivity index (χ4v) is 3.41. The van der Waals surface area contributed by atoms with Crippen molar-refractivity contribution in [3.05, 3.63) is 49.6 Å². The number of hydrogen-bond acceptors (Lipinski definition) is 3. The first-order valence-corrected chi connectivity index (χ1v) is 7.30. The molecule has 0 saturated heterocycles. The van der Waals surface area contributed by atoms with Crippen LogP contribution in [0.25, 0.3) is 0 Å². The van der Waals surface area contributed by atoms with E-state index in [-0.39, 0.29) is 12.1 Å². The molecule has 0 radical (unpaired) electrons. The molecule has 3 rings (SSSR count). The van der Waals surface area contributed by atoms with Crippen molar-refractivity contribution in [3.8, 4) is 0 Å². The van der Waals surface area contributed by atoms with Gasteiger partial charge >= 0.3 is 0 Å². The first-order chi connectivity index (χ1) is 8.65. The van der Waals surface area contributed by atoms with Crippen LogP contribution in [-0.4, -0.2) is 5.91 Å². The highest BCUT2D eigenvalue weighted by Gasteiger charge is 2.26. The highest BCUT2D eigenvalue weighted by molar-refractivity contribution is 9.11. The lowest BCUT2D eigenvalue weighted by Gasteiger charge is -2.27. The van der Waals surface area contributed by atoms with E-state index >= 15 is 0 Å². The topological polar surface area (TPSA) is 41.1 Å². The van der Waals surface area contributed by atoms with Crippen LogP contribution >= 0.6 is 38.9 Å². The number of halogens is 2. The zero-order valence-electron chi connectivity index (χ0n) is 9.04. The van der Waals surface area contributed by atoms with Crippen LogP contribution < -0.4 is 10.6 Å². The number of nitrogens with one attached hydrogen (secondary N) is 2. The van der Waals surface area contributed by atoms with Gasteiger partial charge < -0.3 is 10.6 Å². The Morgan fingerprint density at radius 3 is 2.83 bits per heavy atom. The molecule has 6 heteroatoms. The van der Waals surface area contributed by atoms with E-state index < -0.39 is 0 Å². The van der Waals surface area contributed by atoms with Crippen LogP contribution in [0.15, 0.2) is 33.4 Å². The maximum absolute atomic E-state index is 12.0. The summed E-state index contributed by atoms with van der Waals surface area (Å²) in [6.45, 7) is 0. The van der Waals surface area contributed by atoms with Crippen molar-refractivity contribution in [3.63, 3.8) is 0 Å². The maximum Gasteiger partial charge on any atom is 0.255 e. The second-order valence-electron chi connectivity index (χ2n) is 3.89. The molecule has 0 bridgehead atoms. The molecule has 0 fully saturated rings. The molecule has 0 saturated carbocycles. The summed E-state index contributed by atoms with van der Waals surface area (Å²) in [6.07, 6.45) is -0.216. The molecule has 92 valence electrons. The van der Waals surface area contributed by atoms with E-state index in [1.54, 1.807) is 23.5 Å². The fraction of sp³-hybridized carbons (Fsp3) is 0.0833. The third-order valence-electron chi connectivity index (χ3n) is 2.76. The summed E-state index contributed by atoms with van der Waals surface area (Å²) >= 11 is 11.0. The molecule has 3 nitrogen and oxygen atoms in total. The molecule has 1 unspecified atom stereocenters. The lowest BCUT2D eigenvalue weighted by molar-refractivity contribution is 0.0935. The molecule has 2 aromatic rings. The molecule has 1 aliphatic heterocycles. The van der Waals surface area contributed by atoms with Crippen LogP contribution in [0, 0.1) is 0 Å².